The maximum absolute atomic E-state index is 9.35. The van der Waals surface area contributed by atoms with E-state index >= 15 is 0 Å². The van der Waals surface area contributed by atoms with Gasteiger partial charge in [0.2, 0.25) is 0 Å². The van der Waals surface area contributed by atoms with E-state index in [9.17, 15) is 10.2 Å². The van der Waals surface area contributed by atoms with Gasteiger partial charge in [0.1, 0.15) is 0 Å². The van der Waals surface area contributed by atoms with Crippen LogP contribution in [0.5, 0.6) is 0 Å². The van der Waals surface area contributed by atoms with Crippen molar-refractivity contribution in [2.45, 2.75) is 31.5 Å². The molecule has 2 aliphatic carbocycles. The Labute approximate surface area is 54.5 Å². The fourth-order valence-corrected chi connectivity index (χ4v) is 2.28. The average molecular weight is 128 g/mol. The summed E-state index contributed by atoms with van der Waals surface area (Å²) in [5, 5.41) is 18.7. The molecule has 52 valence electrons. The summed E-state index contributed by atoms with van der Waals surface area (Å²) in [5.74, 6) is -0.884. The third-order valence-corrected chi connectivity index (χ3v) is 2.93. The van der Waals surface area contributed by atoms with Gasteiger partial charge in [0.15, 0.2) is 5.79 Å². The van der Waals surface area contributed by atoms with Crippen LogP contribution in [-0.4, -0.2) is 16.0 Å². The fourth-order valence-electron chi connectivity index (χ4n) is 2.28. The van der Waals surface area contributed by atoms with Crippen molar-refractivity contribution in [2.75, 3.05) is 0 Å². The molecule has 2 rings (SSSR count). The topological polar surface area (TPSA) is 40.5 Å². The lowest BCUT2D eigenvalue weighted by molar-refractivity contribution is -0.192. The van der Waals surface area contributed by atoms with E-state index in [1.165, 1.54) is 0 Å². The van der Waals surface area contributed by atoms with Crippen molar-refractivity contribution in [3.05, 3.63) is 0 Å². The molecule has 2 bridgehead atoms. The summed E-state index contributed by atoms with van der Waals surface area (Å²) < 4.78 is 0. The Morgan fingerprint density at radius 2 is 1.22 bits per heavy atom. The molecule has 2 heteroatoms. The van der Waals surface area contributed by atoms with E-state index in [1.54, 1.807) is 0 Å². The van der Waals surface area contributed by atoms with Gasteiger partial charge >= 0.3 is 0 Å². The smallest absolute Gasteiger partial charge is 0.168 e. The second-order valence-corrected chi connectivity index (χ2v) is 3.33. The Morgan fingerprint density at radius 1 is 0.889 bits per heavy atom. The van der Waals surface area contributed by atoms with Gasteiger partial charge in [0.25, 0.3) is 0 Å². The van der Waals surface area contributed by atoms with Crippen LogP contribution >= 0.6 is 0 Å². The van der Waals surface area contributed by atoms with Gasteiger partial charge in [-0.3, -0.25) is 0 Å². The molecule has 0 saturated heterocycles. The Kier molecular flexibility index (Phi) is 0.945. The van der Waals surface area contributed by atoms with Gasteiger partial charge in [-0.1, -0.05) is 0 Å². The Hall–Kier alpha value is -0.0800. The van der Waals surface area contributed by atoms with Crippen LogP contribution in [0.2, 0.25) is 0 Å². The van der Waals surface area contributed by atoms with Crippen LogP contribution < -0.4 is 0 Å². The Balaban J connectivity index is 2.26. The van der Waals surface area contributed by atoms with Crippen LogP contribution in [0, 0.1) is 11.8 Å². The summed E-state index contributed by atoms with van der Waals surface area (Å²) in [4.78, 5) is 0. The van der Waals surface area contributed by atoms with Crippen LogP contribution in [-0.2, 0) is 0 Å². The van der Waals surface area contributed by atoms with Crippen molar-refractivity contribution >= 4 is 0 Å². The molecule has 0 aromatic rings. The second-order valence-electron chi connectivity index (χ2n) is 3.33. The minimum absolute atomic E-state index is 0.197. The molecule has 2 aliphatic rings. The van der Waals surface area contributed by atoms with Crippen LogP contribution in [0.25, 0.3) is 0 Å². The first-order valence-electron chi connectivity index (χ1n) is 3.66. The van der Waals surface area contributed by atoms with E-state index in [4.69, 9.17) is 0 Å². The highest BCUT2D eigenvalue weighted by atomic mass is 16.5. The van der Waals surface area contributed by atoms with Gasteiger partial charge in [-0.2, -0.15) is 0 Å². The lowest BCUT2D eigenvalue weighted by Crippen LogP contribution is -2.33. The lowest BCUT2D eigenvalue weighted by Gasteiger charge is -2.19. The molecule has 9 heavy (non-hydrogen) atoms. The summed E-state index contributed by atoms with van der Waals surface area (Å²) in [6.45, 7) is 0. The van der Waals surface area contributed by atoms with Crippen molar-refractivity contribution in [3.8, 4) is 0 Å². The maximum atomic E-state index is 9.35. The van der Waals surface area contributed by atoms with Crippen LogP contribution in [0.1, 0.15) is 25.7 Å². The summed E-state index contributed by atoms with van der Waals surface area (Å²) in [6.07, 6.45) is 4.10. The molecule has 2 nitrogen and oxygen atoms in total. The molecule has 0 aromatic carbocycles. The molecule has 0 amide bonds. The molecular weight excluding hydrogens is 116 g/mol. The van der Waals surface area contributed by atoms with Crippen LogP contribution in [0.15, 0.2) is 0 Å². The molecule has 0 radical (unpaired) electrons. The fraction of sp³-hybridized carbons (Fsp3) is 1.00. The maximum Gasteiger partial charge on any atom is 0.168 e. The SMILES string of the molecule is OC1(O)C2CCC1CC2. The summed E-state index contributed by atoms with van der Waals surface area (Å²) in [6, 6.07) is 0. The molecule has 0 aromatic heterocycles. The molecule has 0 spiro atoms. The molecule has 2 N–H and O–H groups in total. The molecule has 0 aliphatic heterocycles. The van der Waals surface area contributed by atoms with Crippen LogP contribution in [0.3, 0.4) is 0 Å². The largest absolute Gasteiger partial charge is 0.365 e. The quantitative estimate of drug-likeness (QED) is 0.466. The Morgan fingerprint density at radius 3 is 1.33 bits per heavy atom. The minimum Gasteiger partial charge on any atom is -0.365 e. The number of aliphatic hydroxyl groups is 2. The number of hydrogen-bond donors (Lipinski definition) is 2. The Bertz CT molecular complexity index is 109. The molecule has 0 unspecified atom stereocenters. The third-order valence-electron chi connectivity index (χ3n) is 2.93. The highest BCUT2D eigenvalue weighted by molar-refractivity contribution is 4.96. The highest BCUT2D eigenvalue weighted by Gasteiger charge is 2.52. The number of rotatable bonds is 0. The van der Waals surface area contributed by atoms with Crippen molar-refractivity contribution in [3.63, 3.8) is 0 Å². The van der Waals surface area contributed by atoms with E-state index in [2.05, 4.69) is 0 Å². The van der Waals surface area contributed by atoms with E-state index in [0.29, 0.717) is 0 Å². The monoisotopic (exact) mass is 128 g/mol. The number of fused-ring (bicyclic) bond motifs is 2. The number of hydrogen-bond acceptors (Lipinski definition) is 2. The molecule has 2 saturated carbocycles. The van der Waals surface area contributed by atoms with Gasteiger partial charge in [0, 0.05) is 11.8 Å². The zero-order valence-corrected chi connectivity index (χ0v) is 5.38. The van der Waals surface area contributed by atoms with E-state index in [-0.39, 0.29) is 11.8 Å². The molecule has 0 heterocycles. The van der Waals surface area contributed by atoms with Gasteiger partial charge in [-0.25, -0.2) is 0 Å². The highest BCUT2D eigenvalue weighted by Crippen LogP contribution is 2.50. The molecule has 2 fully saturated rings. The standard InChI is InChI=1S/C7H12O2/c8-7(9)5-1-2-6(7)4-3-5/h5-6,8-9H,1-4H2. The van der Waals surface area contributed by atoms with Crippen LogP contribution in [0.4, 0.5) is 0 Å². The summed E-state index contributed by atoms with van der Waals surface area (Å²) in [5.41, 5.74) is 0. The average Bonchev–Trinajstić information content (AvgIpc) is 2.24. The van der Waals surface area contributed by atoms with Crippen molar-refractivity contribution < 1.29 is 10.2 Å². The zero-order chi connectivity index (χ0) is 6.48. The first kappa shape index (κ1) is 5.69. The van der Waals surface area contributed by atoms with Gasteiger partial charge < -0.3 is 10.2 Å². The molecular formula is C7H12O2. The predicted octanol–water partition coefficient (Wildman–Crippen LogP) is 0.487. The molecule has 0 atom stereocenters. The van der Waals surface area contributed by atoms with E-state index < -0.39 is 5.79 Å². The summed E-state index contributed by atoms with van der Waals surface area (Å²) >= 11 is 0. The van der Waals surface area contributed by atoms with Crippen molar-refractivity contribution in [1.82, 2.24) is 0 Å². The lowest BCUT2D eigenvalue weighted by atomic mass is 10.0. The first-order valence-corrected chi connectivity index (χ1v) is 3.66. The zero-order valence-electron chi connectivity index (χ0n) is 5.38. The van der Waals surface area contributed by atoms with E-state index in [1.807, 2.05) is 0 Å². The summed E-state index contributed by atoms with van der Waals surface area (Å²) in [7, 11) is 0. The minimum atomic E-state index is -1.28. The second kappa shape index (κ2) is 1.50. The third kappa shape index (κ3) is 0.578. The van der Waals surface area contributed by atoms with E-state index in [0.717, 1.165) is 25.7 Å². The predicted molar refractivity (Wildman–Crippen MR) is 32.6 cm³/mol. The van der Waals surface area contributed by atoms with Gasteiger partial charge in [-0.05, 0) is 25.7 Å². The van der Waals surface area contributed by atoms with Crippen molar-refractivity contribution in [1.29, 1.82) is 0 Å². The van der Waals surface area contributed by atoms with Gasteiger partial charge in [0.05, 0.1) is 0 Å². The first-order chi connectivity index (χ1) is 4.21. The van der Waals surface area contributed by atoms with Gasteiger partial charge in [-0.15, -0.1) is 0 Å². The van der Waals surface area contributed by atoms with Crippen molar-refractivity contribution in [2.24, 2.45) is 11.8 Å². The normalized spacial score (nSPS) is 46.0.